The molecule has 13 heavy (non-hydrogen) atoms. The van der Waals surface area contributed by atoms with Crippen molar-refractivity contribution >= 4 is 22.6 Å². The van der Waals surface area contributed by atoms with E-state index >= 15 is 0 Å². The lowest BCUT2D eigenvalue weighted by molar-refractivity contribution is 0.974. The van der Waals surface area contributed by atoms with Crippen molar-refractivity contribution in [3.63, 3.8) is 0 Å². The van der Waals surface area contributed by atoms with Crippen LogP contribution in [0.15, 0.2) is 36.7 Å². The van der Waals surface area contributed by atoms with Crippen molar-refractivity contribution in [1.82, 2.24) is 9.55 Å². The Kier molecular flexibility index (Phi) is 2.35. The monoisotopic (exact) mass is 284 g/mol. The zero-order valence-corrected chi connectivity index (χ0v) is 9.39. The molecule has 0 amide bonds. The van der Waals surface area contributed by atoms with Gasteiger partial charge in [-0.15, -0.1) is 0 Å². The fraction of sp³-hybridized carbons (Fsp3) is 0.100. The average Bonchev–Trinajstić information content (AvgIpc) is 2.51. The Morgan fingerprint density at radius 3 is 2.85 bits per heavy atom. The number of nitrogens with zero attached hydrogens (tertiary/aromatic N) is 2. The molecule has 66 valence electrons. The lowest BCUT2D eigenvalue weighted by Gasteiger charge is -2.04. The fourth-order valence-corrected chi connectivity index (χ4v) is 1.80. The van der Waals surface area contributed by atoms with Crippen LogP contribution in [0.4, 0.5) is 0 Å². The van der Waals surface area contributed by atoms with Crippen LogP contribution in [-0.4, -0.2) is 9.55 Å². The Balaban J connectivity index is 2.53. The molecule has 1 aromatic carbocycles. The van der Waals surface area contributed by atoms with Gasteiger partial charge in [-0.25, -0.2) is 4.98 Å². The first-order valence-corrected chi connectivity index (χ1v) is 5.11. The summed E-state index contributed by atoms with van der Waals surface area (Å²) in [5.41, 5.74) is 1.17. The maximum Gasteiger partial charge on any atom is 0.110 e. The van der Waals surface area contributed by atoms with E-state index < -0.39 is 0 Å². The van der Waals surface area contributed by atoms with E-state index in [1.165, 1.54) is 9.26 Å². The second-order valence-electron chi connectivity index (χ2n) is 2.82. The third-order valence-electron chi connectivity index (χ3n) is 1.91. The van der Waals surface area contributed by atoms with Gasteiger partial charge in [0.25, 0.3) is 0 Å². The Hall–Kier alpha value is -0.840. The van der Waals surface area contributed by atoms with E-state index in [9.17, 15) is 0 Å². The molecule has 0 atom stereocenters. The van der Waals surface area contributed by atoms with Crippen molar-refractivity contribution in [3.8, 4) is 5.69 Å². The van der Waals surface area contributed by atoms with E-state index in [0.29, 0.717) is 0 Å². The Labute approximate surface area is 90.8 Å². The molecule has 2 rings (SSSR count). The molecule has 0 radical (unpaired) electrons. The van der Waals surface area contributed by atoms with Crippen LogP contribution in [0, 0.1) is 10.5 Å². The molecule has 3 heteroatoms. The van der Waals surface area contributed by atoms with Crippen molar-refractivity contribution < 1.29 is 0 Å². The first-order chi connectivity index (χ1) is 6.27. The van der Waals surface area contributed by atoms with Crippen LogP contribution < -0.4 is 0 Å². The molecule has 0 saturated heterocycles. The lowest BCUT2D eigenvalue weighted by atomic mass is 10.3. The molecule has 2 nitrogen and oxygen atoms in total. The minimum absolute atomic E-state index is 1.02. The molecular formula is C10H9IN2. The SMILES string of the molecule is Cc1nccn1-c1cccc(I)c1. The summed E-state index contributed by atoms with van der Waals surface area (Å²) < 4.78 is 3.31. The highest BCUT2D eigenvalue weighted by molar-refractivity contribution is 14.1. The maximum atomic E-state index is 4.18. The number of aryl methyl sites for hydroxylation is 1. The number of hydrogen-bond donors (Lipinski definition) is 0. The molecule has 0 bridgehead atoms. The van der Waals surface area contributed by atoms with E-state index in [4.69, 9.17) is 0 Å². The Morgan fingerprint density at radius 2 is 2.23 bits per heavy atom. The first kappa shape index (κ1) is 8.74. The van der Waals surface area contributed by atoms with Gasteiger partial charge in [0.2, 0.25) is 0 Å². The summed E-state index contributed by atoms with van der Waals surface area (Å²) in [7, 11) is 0. The highest BCUT2D eigenvalue weighted by Gasteiger charge is 1.99. The zero-order valence-electron chi connectivity index (χ0n) is 7.24. The van der Waals surface area contributed by atoms with Gasteiger partial charge in [-0.3, -0.25) is 0 Å². The van der Waals surface area contributed by atoms with Crippen molar-refractivity contribution in [3.05, 3.63) is 46.1 Å². The molecule has 0 aliphatic heterocycles. The van der Waals surface area contributed by atoms with Gasteiger partial charge in [0.1, 0.15) is 5.82 Å². The molecule has 0 spiro atoms. The smallest absolute Gasteiger partial charge is 0.110 e. The highest BCUT2D eigenvalue weighted by Crippen LogP contribution is 2.13. The van der Waals surface area contributed by atoms with E-state index in [1.54, 1.807) is 0 Å². The predicted octanol–water partition coefficient (Wildman–Crippen LogP) is 2.79. The Bertz CT molecular complexity index is 420. The molecule has 0 unspecified atom stereocenters. The number of rotatable bonds is 1. The Morgan fingerprint density at radius 1 is 1.38 bits per heavy atom. The molecule has 1 heterocycles. The summed E-state index contributed by atoms with van der Waals surface area (Å²) in [6, 6.07) is 8.35. The second kappa shape index (κ2) is 3.49. The van der Waals surface area contributed by atoms with Crippen LogP contribution >= 0.6 is 22.6 Å². The van der Waals surface area contributed by atoms with Gasteiger partial charge < -0.3 is 4.57 Å². The van der Waals surface area contributed by atoms with Crippen LogP contribution in [0.2, 0.25) is 0 Å². The van der Waals surface area contributed by atoms with Crippen molar-refractivity contribution in [1.29, 1.82) is 0 Å². The summed E-state index contributed by atoms with van der Waals surface area (Å²) in [6.45, 7) is 2.00. The predicted molar refractivity (Wildman–Crippen MR) is 61.0 cm³/mol. The molecule has 1 aromatic heterocycles. The van der Waals surface area contributed by atoms with Crippen LogP contribution in [-0.2, 0) is 0 Å². The first-order valence-electron chi connectivity index (χ1n) is 4.03. The quantitative estimate of drug-likeness (QED) is 0.736. The van der Waals surface area contributed by atoms with Gasteiger partial charge in [-0.1, -0.05) is 6.07 Å². The van der Waals surface area contributed by atoms with Gasteiger partial charge >= 0.3 is 0 Å². The summed E-state index contributed by atoms with van der Waals surface area (Å²) in [5, 5.41) is 0. The molecule has 0 fully saturated rings. The van der Waals surface area contributed by atoms with Crippen molar-refractivity contribution in [2.24, 2.45) is 0 Å². The standard InChI is InChI=1S/C10H9IN2/c1-8-12-5-6-13(8)10-4-2-3-9(11)7-10/h2-7H,1H3. The van der Waals surface area contributed by atoms with Gasteiger partial charge in [0.15, 0.2) is 0 Å². The second-order valence-corrected chi connectivity index (χ2v) is 4.07. The van der Waals surface area contributed by atoms with Crippen LogP contribution in [0.25, 0.3) is 5.69 Å². The van der Waals surface area contributed by atoms with Crippen LogP contribution in [0.3, 0.4) is 0 Å². The highest BCUT2D eigenvalue weighted by atomic mass is 127. The van der Waals surface area contributed by atoms with E-state index in [1.807, 2.05) is 19.3 Å². The molecular weight excluding hydrogens is 275 g/mol. The van der Waals surface area contributed by atoms with Crippen LogP contribution in [0.1, 0.15) is 5.82 Å². The number of aromatic nitrogens is 2. The normalized spacial score (nSPS) is 10.3. The molecule has 0 N–H and O–H groups in total. The fourth-order valence-electron chi connectivity index (χ4n) is 1.28. The molecule has 2 aromatic rings. The van der Waals surface area contributed by atoms with Gasteiger partial charge in [-0.05, 0) is 47.7 Å². The number of imidazole rings is 1. The summed E-state index contributed by atoms with van der Waals surface area (Å²) in [6.07, 6.45) is 3.79. The topological polar surface area (TPSA) is 17.8 Å². The van der Waals surface area contributed by atoms with Crippen molar-refractivity contribution in [2.45, 2.75) is 6.92 Å². The maximum absolute atomic E-state index is 4.18. The van der Waals surface area contributed by atoms with Crippen LogP contribution in [0.5, 0.6) is 0 Å². The number of hydrogen-bond acceptors (Lipinski definition) is 1. The molecule has 0 aliphatic rings. The van der Waals surface area contributed by atoms with E-state index in [0.717, 1.165) is 5.82 Å². The zero-order chi connectivity index (χ0) is 9.26. The molecule has 0 aliphatic carbocycles. The van der Waals surface area contributed by atoms with Gasteiger partial charge in [-0.2, -0.15) is 0 Å². The summed E-state index contributed by atoms with van der Waals surface area (Å²) in [5.74, 6) is 1.02. The third-order valence-corrected chi connectivity index (χ3v) is 2.58. The van der Waals surface area contributed by atoms with Crippen molar-refractivity contribution in [2.75, 3.05) is 0 Å². The third kappa shape index (κ3) is 1.75. The van der Waals surface area contributed by atoms with E-state index in [-0.39, 0.29) is 0 Å². The number of halogens is 1. The average molecular weight is 284 g/mol. The largest absolute Gasteiger partial charge is 0.304 e. The van der Waals surface area contributed by atoms with E-state index in [2.05, 4.69) is 56.4 Å². The summed E-state index contributed by atoms with van der Waals surface area (Å²) >= 11 is 2.31. The summed E-state index contributed by atoms with van der Waals surface area (Å²) in [4.78, 5) is 4.18. The minimum atomic E-state index is 1.02. The lowest BCUT2D eigenvalue weighted by Crippen LogP contribution is -1.95. The van der Waals surface area contributed by atoms with Gasteiger partial charge in [0, 0.05) is 21.7 Å². The molecule has 0 saturated carbocycles. The minimum Gasteiger partial charge on any atom is -0.304 e. The number of benzene rings is 1. The van der Waals surface area contributed by atoms with Gasteiger partial charge in [0.05, 0.1) is 0 Å².